The number of carbonyl (C=O) groups excluding carboxylic acids is 3. The average Bonchev–Trinajstić information content (AvgIpc) is 3.29. The van der Waals surface area contributed by atoms with Gasteiger partial charge in [0.15, 0.2) is 16.4 Å². The summed E-state index contributed by atoms with van der Waals surface area (Å²) in [6.07, 6.45) is 6.98. The van der Waals surface area contributed by atoms with Gasteiger partial charge in [-0.3, -0.25) is 14.4 Å². The minimum Gasteiger partial charge on any atom is -0.483 e. The third kappa shape index (κ3) is 11.2. The monoisotopic (exact) mass is 812 g/mol. The van der Waals surface area contributed by atoms with Crippen molar-refractivity contribution >= 4 is 56.7 Å². The van der Waals surface area contributed by atoms with Crippen LogP contribution >= 0.6 is 11.8 Å². The van der Waals surface area contributed by atoms with Crippen LogP contribution in [-0.2, 0) is 29.0 Å². The number of anilines is 2. The molecule has 0 radical (unpaired) electrons. The summed E-state index contributed by atoms with van der Waals surface area (Å²) in [5.41, 5.74) is 1.22. The SMILES string of the molecule is CCCCC1(CCCC)CN(c2ccccc2)c2cc(SC)c(OCC(=O)N[C@@H](C(=O)N[C@@H](CO)C(=O)N[C@H](CO)C(=O)O)c3ccccc3)cc2S(=O)(=O)C1. The van der Waals surface area contributed by atoms with Crippen molar-refractivity contribution in [3.05, 3.63) is 78.4 Å². The van der Waals surface area contributed by atoms with Gasteiger partial charge in [0, 0.05) is 23.7 Å². The zero-order valence-electron chi connectivity index (χ0n) is 31.9. The van der Waals surface area contributed by atoms with Crippen LogP contribution in [0.25, 0.3) is 0 Å². The zero-order chi connectivity index (χ0) is 40.9. The fraction of sp³-hybridized carbons (Fsp3) is 0.450. The van der Waals surface area contributed by atoms with Crippen molar-refractivity contribution in [1.29, 1.82) is 0 Å². The van der Waals surface area contributed by atoms with Crippen molar-refractivity contribution < 1.29 is 47.7 Å². The van der Waals surface area contributed by atoms with E-state index in [9.17, 15) is 42.9 Å². The van der Waals surface area contributed by atoms with E-state index in [1.807, 2.05) is 41.9 Å². The van der Waals surface area contributed by atoms with Crippen molar-refractivity contribution in [3.8, 4) is 5.75 Å². The molecule has 0 fully saturated rings. The Balaban J connectivity index is 1.63. The van der Waals surface area contributed by atoms with Crippen LogP contribution < -0.4 is 25.6 Å². The Morgan fingerprint density at radius 3 is 2.00 bits per heavy atom. The maximum Gasteiger partial charge on any atom is 0.328 e. The first kappa shape index (κ1) is 44.1. The van der Waals surface area contributed by atoms with Gasteiger partial charge in [-0.2, -0.15) is 0 Å². The van der Waals surface area contributed by atoms with E-state index in [2.05, 4.69) is 29.4 Å². The number of aliphatic carboxylic acids is 1. The van der Waals surface area contributed by atoms with Crippen LogP contribution in [0.1, 0.15) is 64.0 Å². The molecular formula is C40H52N4O10S2. The molecule has 1 aliphatic rings. The Hall–Kier alpha value is -4.64. The molecule has 6 N–H and O–H groups in total. The highest BCUT2D eigenvalue weighted by atomic mass is 32.2. The molecule has 3 aromatic rings. The van der Waals surface area contributed by atoms with Crippen LogP contribution in [0.15, 0.2) is 82.6 Å². The maximum absolute atomic E-state index is 14.4. The number of thioether (sulfide) groups is 1. The number of carboxylic acids is 1. The summed E-state index contributed by atoms with van der Waals surface area (Å²) in [5, 5.41) is 35.3. The first-order chi connectivity index (χ1) is 26.8. The van der Waals surface area contributed by atoms with Gasteiger partial charge in [-0.05, 0) is 42.9 Å². The highest BCUT2D eigenvalue weighted by Crippen LogP contribution is 2.47. The summed E-state index contributed by atoms with van der Waals surface area (Å²) < 4.78 is 34.9. The number of para-hydroxylation sites is 1. The number of fused-ring (bicyclic) bond motifs is 1. The number of aliphatic hydroxyl groups is 2. The van der Waals surface area contributed by atoms with E-state index in [-0.39, 0.29) is 16.4 Å². The molecule has 16 heteroatoms. The molecule has 0 saturated heterocycles. The fourth-order valence-corrected chi connectivity index (χ4v) is 9.44. The van der Waals surface area contributed by atoms with Crippen LogP contribution in [0.3, 0.4) is 0 Å². The second kappa shape index (κ2) is 20.5. The Bertz CT molecular complexity index is 1910. The van der Waals surface area contributed by atoms with Gasteiger partial charge < -0.3 is 40.9 Å². The molecule has 0 saturated carbocycles. The van der Waals surface area contributed by atoms with E-state index < -0.39 is 76.9 Å². The molecule has 1 aliphatic heterocycles. The summed E-state index contributed by atoms with van der Waals surface area (Å²) >= 11 is 1.33. The molecule has 304 valence electrons. The van der Waals surface area contributed by atoms with Gasteiger partial charge >= 0.3 is 5.97 Å². The van der Waals surface area contributed by atoms with E-state index in [0.717, 1.165) is 44.2 Å². The number of hydrogen-bond acceptors (Lipinski definition) is 11. The zero-order valence-corrected chi connectivity index (χ0v) is 33.5. The summed E-state index contributed by atoms with van der Waals surface area (Å²) in [6.45, 7) is 2.28. The topological polar surface area (TPSA) is 212 Å². The van der Waals surface area contributed by atoms with Crippen molar-refractivity contribution in [1.82, 2.24) is 16.0 Å². The standard InChI is InChI=1S/C40H52N4O10S2/c1-4-6-18-40(19-7-5-2)25-44(28-16-12-9-13-17-28)31-20-33(55-3)32(21-34(31)56(52,53)26-40)54-24-35(47)43-36(27-14-10-8-11-15-27)38(49)41-29(22-45)37(48)42-30(23-46)39(50)51/h8-17,20-21,29-30,36,45-46H,4-7,18-19,22-26H2,1-3H3,(H,41,49)(H,42,48)(H,43,47)(H,50,51)/t29-,30+,36+/m0/s1. The third-order valence-electron chi connectivity index (χ3n) is 9.72. The average molecular weight is 813 g/mol. The quantitative estimate of drug-likeness (QED) is 0.0896. The first-order valence-electron chi connectivity index (χ1n) is 18.6. The van der Waals surface area contributed by atoms with E-state index in [1.165, 1.54) is 17.8 Å². The molecule has 14 nitrogen and oxygen atoms in total. The summed E-state index contributed by atoms with van der Waals surface area (Å²) in [7, 11) is -3.86. The van der Waals surface area contributed by atoms with Gasteiger partial charge in [0.1, 0.15) is 23.9 Å². The molecule has 0 aromatic heterocycles. The lowest BCUT2D eigenvalue weighted by molar-refractivity contribution is -0.143. The normalized spacial score (nSPS) is 16.0. The Morgan fingerprint density at radius 1 is 0.857 bits per heavy atom. The van der Waals surface area contributed by atoms with E-state index >= 15 is 0 Å². The molecule has 0 bridgehead atoms. The lowest BCUT2D eigenvalue weighted by Gasteiger charge is -2.37. The Labute approximate surface area is 332 Å². The van der Waals surface area contributed by atoms with Gasteiger partial charge in [0.05, 0.1) is 34.4 Å². The third-order valence-corrected chi connectivity index (χ3v) is 12.5. The number of aliphatic hydroxyl groups excluding tert-OH is 2. The van der Waals surface area contributed by atoms with Crippen molar-refractivity contribution in [2.45, 2.75) is 80.3 Å². The van der Waals surface area contributed by atoms with Crippen molar-refractivity contribution in [2.75, 3.05) is 43.3 Å². The van der Waals surface area contributed by atoms with Crippen molar-refractivity contribution in [2.24, 2.45) is 5.41 Å². The number of unbranched alkanes of at least 4 members (excludes halogenated alkanes) is 2. The van der Waals surface area contributed by atoms with Gasteiger partial charge in [0.25, 0.3) is 5.91 Å². The lowest BCUT2D eigenvalue weighted by atomic mass is 9.79. The van der Waals surface area contributed by atoms with Gasteiger partial charge in [-0.25, -0.2) is 13.2 Å². The minimum atomic E-state index is -3.86. The number of amides is 3. The van der Waals surface area contributed by atoms with E-state index in [0.29, 0.717) is 22.7 Å². The Kier molecular flexibility index (Phi) is 16.1. The second-order valence-electron chi connectivity index (χ2n) is 13.9. The van der Waals surface area contributed by atoms with Gasteiger partial charge in [-0.1, -0.05) is 88.1 Å². The number of nitrogens with zero attached hydrogens (tertiary/aromatic N) is 1. The minimum absolute atomic E-state index is 0.0352. The molecule has 0 spiro atoms. The molecule has 0 aliphatic carbocycles. The molecule has 1 heterocycles. The van der Waals surface area contributed by atoms with E-state index in [4.69, 9.17) is 4.74 Å². The fourth-order valence-electron chi connectivity index (χ4n) is 6.78. The predicted molar refractivity (Wildman–Crippen MR) is 214 cm³/mol. The number of carbonyl (C=O) groups is 4. The number of sulfone groups is 1. The van der Waals surface area contributed by atoms with Crippen LogP contribution in [0.2, 0.25) is 0 Å². The molecule has 4 rings (SSSR count). The highest BCUT2D eigenvalue weighted by molar-refractivity contribution is 7.98. The molecule has 0 unspecified atom stereocenters. The van der Waals surface area contributed by atoms with Gasteiger partial charge in [-0.15, -0.1) is 11.8 Å². The van der Waals surface area contributed by atoms with Crippen LogP contribution in [0.5, 0.6) is 5.75 Å². The highest BCUT2D eigenvalue weighted by Gasteiger charge is 2.42. The smallest absolute Gasteiger partial charge is 0.328 e. The van der Waals surface area contributed by atoms with Crippen molar-refractivity contribution in [3.63, 3.8) is 0 Å². The summed E-state index contributed by atoms with van der Waals surface area (Å²) in [4.78, 5) is 53.7. The Morgan fingerprint density at radius 2 is 1.45 bits per heavy atom. The number of carboxylic acid groups (broad SMARTS) is 1. The lowest BCUT2D eigenvalue weighted by Crippen LogP contribution is -2.55. The second-order valence-corrected chi connectivity index (χ2v) is 16.7. The van der Waals surface area contributed by atoms with Crippen LogP contribution in [-0.4, -0.2) is 97.9 Å². The molecule has 3 amide bonds. The molecule has 3 atom stereocenters. The number of ether oxygens (including phenoxy) is 1. The predicted octanol–water partition coefficient (Wildman–Crippen LogP) is 3.98. The first-order valence-corrected chi connectivity index (χ1v) is 21.5. The number of rotatable bonds is 20. The van der Waals surface area contributed by atoms with Crippen LogP contribution in [0.4, 0.5) is 11.4 Å². The molecule has 3 aromatic carbocycles. The van der Waals surface area contributed by atoms with Crippen LogP contribution in [0, 0.1) is 5.41 Å². The summed E-state index contributed by atoms with van der Waals surface area (Å²) in [6, 6.07) is 16.4. The number of nitrogens with one attached hydrogen (secondary N) is 3. The summed E-state index contributed by atoms with van der Waals surface area (Å²) in [5.74, 6) is -4.09. The molecule has 56 heavy (non-hydrogen) atoms. The maximum atomic E-state index is 14.4. The molecular weight excluding hydrogens is 761 g/mol. The number of hydrogen-bond donors (Lipinski definition) is 6. The number of benzene rings is 3. The van der Waals surface area contributed by atoms with E-state index in [1.54, 1.807) is 36.4 Å². The van der Waals surface area contributed by atoms with Gasteiger partial charge in [0.2, 0.25) is 11.8 Å². The largest absolute Gasteiger partial charge is 0.483 e.